The van der Waals surface area contributed by atoms with Gasteiger partial charge in [-0.3, -0.25) is 9.36 Å². The highest BCUT2D eigenvalue weighted by molar-refractivity contribution is 7.54. The molecule has 0 radical (unpaired) electrons. The topological polar surface area (TPSA) is 68.4 Å². The maximum atomic E-state index is 12.0. The molecule has 1 aromatic heterocycles. The van der Waals surface area contributed by atoms with Crippen LogP contribution in [-0.4, -0.2) is 31.1 Å². The van der Waals surface area contributed by atoms with Crippen LogP contribution < -0.4 is 0 Å². The molecule has 0 aliphatic heterocycles. The Kier molecular flexibility index (Phi) is 3.66. The minimum Gasteiger partial charge on any atom is -0.352 e. The minimum absolute atomic E-state index is 0.271. The van der Waals surface area contributed by atoms with Crippen molar-refractivity contribution in [2.45, 2.75) is 0 Å². The second-order valence-electron chi connectivity index (χ2n) is 3.83. The average Bonchev–Trinajstić information content (AvgIpc) is 2.82. The Morgan fingerprint density at radius 3 is 2.56 bits per heavy atom. The van der Waals surface area contributed by atoms with Gasteiger partial charge in [-0.15, -0.1) is 0 Å². The number of hydrogen-bond donors (Lipinski definition) is 1. The second-order valence-corrected chi connectivity index (χ2v) is 6.10. The lowest BCUT2D eigenvalue weighted by Crippen LogP contribution is -2.08. The molecule has 6 heteroatoms. The molecule has 0 bridgehead atoms. The van der Waals surface area contributed by atoms with Crippen molar-refractivity contribution in [2.75, 3.05) is 20.4 Å². The predicted molar refractivity (Wildman–Crippen MR) is 69.1 cm³/mol. The van der Waals surface area contributed by atoms with Gasteiger partial charge >= 0.3 is 7.60 Å². The molecule has 2 rings (SSSR count). The molecule has 1 N–H and O–H groups in total. The van der Waals surface area contributed by atoms with Gasteiger partial charge in [0.2, 0.25) is 0 Å². The SMILES string of the molecule is COP(=O)(CC(=O)c1cc2ccccc2[nH]1)OC. The normalized spacial score (nSPS) is 11.9. The number of aromatic amines is 1. The lowest BCUT2D eigenvalue weighted by Gasteiger charge is -2.11. The number of benzene rings is 1. The number of H-pyrrole nitrogens is 1. The van der Waals surface area contributed by atoms with Gasteiger partial charge in [0.15, 0.2) is 5.78 Å². The van der Waals surface area contributed by atoms with Crippen LogP contribution in [0.3, 0.4) is 0 Å². The number of carbonyl (C=O) groups excluding carboxylic acids is 1. The van der Waals surface area contributed by atoms with Crippen molar-refractivity contribution in [2.24, 2.45) is 0 Å². The Morgan fingerprint density at radius 1 is 1.28 bits per heavy atom. The molecule has 2 aromatic rings. The third-order valence-corrected chi connectivity index (χ3v) is 4.51. The van der Waals surface area contributed by atoms with Crippen molar-refractivity contribution in [3.8, 4) is 0 Å². The highest BCUT2D eigenvalue weighted by Crippen LogP contribution is 2.46. The van der Waals surface area contributed by atoms with Crippen LogP contribution in [0.4, 0.5) is 0 Å². The molecule has 0 saturated heterocycles. The van der Waals surface area contributed by atoms with E-state index in [1.807, 2.05) is 24.3 Å². The van der Waals surface area contributed by atoms with E-state index in [1.165, 1.54) is 14.2 Å². The van der Waals surface area contributed by atoms with Crippen molar-refractivity contribution in [1.82, 2.24) is 4.98 Å². The third-order valence-electron chi connectivity index (χ3n) is 2.72. The summed E-state index contributed by atoms with van der Waals surface area (Å²) in [6, 6.07) is 9.27. The number of carbonyl (C=O) groups is 1. The van der Waals surface area contributed by atoms with E-state index in [0.717, 1.165) is 10.9 Å². The summed E-state index contributed by atoms with van der Waals surface area (Å²) >= 11 is 0. The molecule has 0 fully saturated rings. The zero-order valence-corrected chi connectivity index (χ0v) is 11.1. The second kappa shape index (κ2) is 5.06. The lowest BCUT2D eigenvalue weighted by molar-refractivity contribution is 0.100. The Bertz CT molecular complexity index is 578. The highest BCUT2D eigenvalue weighted by Gasteiger charge is 2.26. The molecule has 96 valence electrons. The summed E-state index contributed by atoms with van der Waals surface area (Å²) in [5, 5.41) is 0.936. The smallest absolute Gasteiger partial charge is 0.337 e. The maximum absolute atomic E-state index is 12.0. The van der Waals surface area contributed by atoms with Crippen LogP contribution in [-0.2, 0) is 13.6 Å². The van der Waals surface area contributed by atoms with Crippen molar-refractivity contribution in [3.05, 3.63) is 36.0 Å². The summed E-state index contributed by atoms with van der Waals surface area (Å²) < 4.78 is 21.4. The number of ketones is 1. The molecule has 0 amide bonds. The fourth-order valence-corrected chi connectivity index (χ4v) is 2.62. The zero-order chi connectivity index (χ0) is 13.2. The summed E-state index contributed by atoms with van der Waals surface area (Å²) in [5.74, 6) is -0.293. The molecule has 1 heterocycles. The Hall–Kier alpha value is -1.42. The molecule has 1 aromatic carbocycles. The fourth-order valence-electron chi connectivity index (χ4n) is 1.69. The minimum atomic E-state index is -3.32. The van der Waals surface area contributed by atoms with Crippen molar-refractivity contribution >= 4 is 24.3 Å². The quantitative estimate of drug-likeness (QED) is 0.668. The molecule has 0 aliphatic rings. The van der Waals surface area contributed by atoms with E-state index in [-0.39, 0.29) is 11.9 Å². The number of para-hydroxylation sites is 1. The highest BCUT2D eigenvalue weighted by atomic mass is 31.2. The largest absolute Gasteiger partial charge is 0.352 e. The van der Waals surface area contributed by atoms with Gasteiger partial charge in [-0.2, -0.15) is 0 Å². The molecule has 5 nitrogen and oxygen atoms in total. The third kappa shape index (κ3) is 2.53. The summed E-state index contributed by atoms with van der Waals surface area (Å²) in [6.07, 6.45) is -0.271. The van der Waals surface area contributed by atoms with E-state index in [2.05, 4.69) is 4.98 Å². The van der Waals surface area contributed by atoms with Crippen molar-refractivity contribution in [3.63, 3.8) is 0 Å². The van der Waals surface area contributed by atoms with Gasteiger partial charge in [0.25, 0.3) is 0 Å². The standard InChI is InChI=1S/C12H14NO4P/c1-16-18(15,17-2)8-12(14)11-7-9-5-3-4-6-10(9)13-11/h3-7,13H,8H2,1-2H3. The van der Waals surface area contributed by atoms with Gasteiger partial charge in [-0.25, -0.2) is 0 Å². The van der Waals surface area contributed by atoms with Gasteiger partial charge in [0.05, 0.1) is 5.69 Å². The van der Waals surface area contributed by atoms with E-state index in [0.29, 0.717) is 5.69 Å². The van der Waals surface area contributed by atoms with Crippen LogP contribution in [0, 0.1) is 0 Å². The van der Waals surface area contributed by atoms with E-state index in [1.54, 1.807) is 6.07 Å². The van der Waals surface area contributed by atoms with Crippen LogP contribution in [0.1, 0.15) is 10.5 Å². The Morgan fingerprint density at radius 2 is 1.94 bits per heavy atom. The van der Waals surface area contributed by atoms with Gasteiger partial charge in [0, 0.05) is 25.1 Å². The van der Waals surface area contributed by atoms with E-state index < -0.39 is 7.60 Å². The Labute approximate surface area is 105 Å². The molecule has 0 aliphatic carbocycles. The van der Waals surface area contributed by atoms with Gasteiger partial charge in [-0.05, 0) is 12.1 Å². The molecular weight excluding hydrogens is 253 g/mol. The first kappa shape index (κ1) is 13.0. The van der Waals surface area contributed by atoms with Crippen LogP contribution >= 0.6 is 7.60 Å². The monoisotopic (exact) mass is 267 g/mol. The number of rotatable bonds is 5. The van der Waals surface area contributed by atoms with Crippen LogP contribution in [0.15, 0.2) is 30.3 Å². The number of hydrogen-bond acceptors (Lipinski definition) is 4. The number of Topliss-reactive ketones (excluding diaryl/α,β-unsaturated/α-hetero) is 1. The molecule has 0 saturated carbocycles. The lowest BCUT2D eigenvalue weighted by atomic mass is 10.2. The fraction of sp³-hybridized carbons (Fsp3) is 0.250. The predicted octanol–water partition coefficient (Wildman–Crippen LogP) is 2.84. The summed E-state index contributed by atoms with van der Waals surface area (Å²) in [6.45, 7) is 0. The number of fused-ring (bicyclic) bond motifs is 1. The molecule has 0 unspecified atom stereocenters. The number of aromatic nitrogens is 1. The van der Waals surface area contributed by atoms with Crippen molar-refractivity contribution in [1.29, 1.82) is 0 Å². The van der Waals surface area contributed by atoms with Gasteiger partial charge < -0.3 is 14.0 Å². The molecule has 0 atom stereocenters. The molecule has 0 spiro atoms. The number of nitrogens with one attached hydrogen (secondary N) is 1. The molecular formula is C12H14NO4P. The average molecular weight is 267 g/mol. The van der Waals surface area contributed by atoms with Crippen LogP contribution in [0.25, 0.3) is 10.9 Å². The first-order chi connectivity index (χ1) is 8.58. The van der Waals surface area contributed by atoms with Gasteiger partial charge in [-0.1, -0.05) is 18.2 Å². The Balaban J connectivity index is 2.26. The summed E-state index contributed by atoms with van der Waals surface area (Å²) in [5.41, 5.74) is 1.27. The summed E-state index contributed by atoms with van der Waals surface area (Å²) in [7, 11) is -0.782. The maximum Gasteiger partial charge on any atom is 0.337 e. The van der Waals surface area contributed by atoms with Crippen molar-refractivity contribution < 1.29 is 18.4 Å². The first-order valence-corrected chi connectivity index (χ1v) is 7.12. The van der Waals surface area contributed by atoms with Crippen LogP contribution in [0.5, 0.6) is 0 Å². The van der Waals surface area contributed by atoms with E-state index >= 15 is 0 Å². The van der Waals surface area contributed by atoms with E-state index in [4.69, 9.17) is 9.05 Å². The molecule has 18 heavy (non-hydrogen) atoms. The van der Waals surface area contributed by atoms with Crippen LogP contribution in [0.2, 0.25) is 0 Å². The first-order valence-electron chi connectivity index (χ1n) is 5.39. The zero-order valence-electron chi connectivity index (χ0n) is 10.2. The van der Waals surface area contributed by atoms with E-state index in [9.17, 15) is 9.36 Å². The summed E-state index contributed by atoms with van der Waals surface area (Å²) in [4.78, 5) is 15.0. The van der Waals surface area contributed by atoms with Gasteiger partial charge in [0.1, 0.15) is 6.16 Å².